The normalized spacial score (nSPS) is 11.3. The molecule has 0 aliphatic rings. The molecule has 21 heavy (non-hydrogen) atoms. The van der Waals surface area contributed by atoms with Crippen LogP contribution in [0.4, 0.5) is 0 Å². The SMILES string of the molecule is COC(=O)CCCCCNS(=O)(=O)CCc1ccccn1. The van der Waals surface area contributed by atoms with E-state index in [0.29, 0.717) is 32.2 Å². The number of carbonyl (C=O) groups excluding carboxylic acids is 1. The van der Waals surface area contributed by atoms with Crippen LogP contribution in [0.5, 0.6) is 0 Å². The molecule has 0 atom stereocenters. The monoisotopic (exact) mass is 314 g/mol. The summed E-state index contributed by atoms with van der Waals surface area (Å²) in [6.45, 7) is 0.395. The summed E-state index contributed by atoms with van der Waals surface area (Å²) in [5, 5.41) is 0. The lowest BCUT2D eigenvalue weighted by atomic mass is 10.2. The fourth-order valence-corrected chi connectivity index (χ4v) is 2.84. The largest absolute Gasteiger partial charge is 0.469 e. The minimum Gasteiger partial charge on any atom is -0.469 e. The van der Waals surface area contributed by atoms with Crippen LogP contribution in [0.25, 0.3) is 0 Å². The van der Waals surface area contributed by atoms with Crippen molar-refractivity contribution in [1.82, 2.24) is 9.71 Å². The number of sulfonamides is 1. The van der Waals surface area contributed by atoms with Gasteiger partial charge in [0.1, 0.15) is 0 Å². The number of esters is 1. The van der Waals surface area contributed by atoms with Gasteiger partial charge in [-0.15, -0.1) is 0 Å². The van der Waals surface area contributed by atoms with E-state index in [4.69, 9.17) is 0 Å². The molecule has 0 unspecified atom stereocenters. The van der Waals surface area contributed by atoms with Gasteiger partial charge in [0.05, 0.1) is 12.9 Å². The average molecular weight is 314 g/mol. The van der Waals surface area contributed by atoms with Crippen molar-refractivity contribution in [1.29, 1.82) is 0 Å². The Kier molecular flexibility index (Phi) is 7.92. The van der Waals surface area contributed by atoms with Crippen LogP contribution < -0.4 is 4.72 Å². The highest BCUT2D eigenvalue weighted by Gasteiger charge is 2.10. The Bertz CT molecular complexity index is 517. The lowest BCUT2D eigenvalue weighted by Crippen LogP contribution is -2.28. The van der Waals surface area contributed by atoms with Gasteiger partial charge in [-0.05, 0) is 25.0 Å². The number of carbonyl (C=O) groups is 1. The smallest absolute Gasteiger partial charge is 0.305 e. The number of hydrogen-bond acceptors (Lipinski definition) is 5. The van der Waals surface area contributed by atoms with Gasteiger partial charge < -0.3 is 4.74 Å². The Morgan fingerprint density at radius 2 is 2.10 bits per heavy atom. The van der Waals surface area contributed by atoms with E-state index in [1.807, 2.05) is 12.1 Å². The highest BCUT2D eigenvalue weighted by Crippen LogP contribution is 2.01. The molecule has 0 aromatic carbocycles. The maximum atomic E-state index is 11.8. The van der Waals surface area contributed by atoms with E-state index in [0.717, 1.165) is 12.1 Å². The second-order valence-electron chi connectivity index (χ2n) is 4.67. The highest BCUT2D eigenvalue weighted by atomic mass is 32.2. The number of unbranched alkanes of at least 4 members (excludes halogenated alkanes) is 2. The minimum absolute atomic E-state index is 0.0339. The van der Waals surface area contributed by atoms with Gasteiger partial charge in [0.15, 0.2) is 0 Å². The molecule has 1 heterocycles. The summed E-state index contributed by atoms with van der Waals surface area (Å²) >= 11 is 0. The third-order valence-corrected chi connectivity index (χ3v) is 4.35. The van der Waals surface area contributed by atoms with Crippen LogP contribution in [-0.2, 0) is 26.0 Å². The van der Waals surface area contributed by atoms with Gasteiger partial charge in [-0.25, -0.2) is 13.1 Å². The summed E-state index contributed by atoms with van der Waals surface area (Å²) < 4.78 is 30.6. The van der Waals surface area contributed by atoms with Crippen molar-refractivity contribution >= 4 is 16.0 Å². The van der Waals surface area contributed by atoms with E-state index < -0.39 is 10.0 Å². The highest BCUT2D eigenvalue weighted by molar-refractivity contribution is 7.89. The van der Waals surface area contributed by atoms with Gasteiger partial charge >= 0.3 is 5.97 Å². The summed E-state index contributed by atoms with van der Waals surface area (Å²) in [5.74, 6) is -0.197. The molecule has 6 nitrogen and oxygen atoms in total. The number of rotatable bonds is 10. The molecule has 0 spiro atoms. The predicted octanol–water partition coefficient (Wildman–Crippen LogP) is 1.28. The number of pyridine rings is 1. The van der Waals surface area contributed by atoms with Crippen molar-refractivity contribution in [2.45, 2.75) is 32.1 Å². The van der Waals surface area contributed by atoms with E-state index in [1.165, 1.54) is 7.11 Å². The van der Waals surface area contributed by atoms with Crippen molar-refractivity contribution in [3.05, 3.63) is 30.1 Å². The summed E-state index contributed by atoms with van der Waals surface area (Å²) in [6.07, 6.45) is 4.64. The number of aryl methyl sites for hydroxylation is 1. The zero-order chi connectivity index (χ0) is 15.6. The lowest BCUT2D eigenvalue weighted by molar-refractivity contribution is -0.140. The Balaban J connectivity index is 2.14. The number of methoxy groups -OCH3 is 1. The molecule has 1 N–H and O–H groups in total. The van der Waals surface area contributed by atoms with Gasteiger partial charge in [0.25, 0.3) is 0 Å². The standard InChI is InChI=1S/C14H22N2O4S/c1-20-14(17)8-3-2-5-11-16-21(18,19)12-9-13-7-4-6-10-15-13/h4,6-7,10,16H,2-3,5,8-9,11-12H2,1H3. The molecule has 7 heteroatoms. The molecule has 118 valence electrons. The third-order valence-electron chi connectivity index (χ3n) is 2.96. The average Bonchev–Trinajstić information content (AvgIpc) is 2.49. The van der Waals surface area contributed by atoms with Gasteiger partial charge in [-0.1, -0.05) is 12.5 Å². The van der Waals surface area contributed by atoms with E-state index in [9.17, 15) is 13.2 Å². The van der Waals surface area contributed by atoms with Crippen molar-refractivity contribution < 1.29 is 17.9 Å². The van der Waals surface area contributed by atoms with Crippen molar-refractivity contribution in [3.63, 3.8) is 0 Å². The molecular formula is C14H22N2O4S. The van der Waals surface area contributed by atoms with Crippen molar-refractivity contribution in [3.8, 4) is 0 Å². The molecule has 0 aliphatic carbocycles. The molecule has 0 saturated carbocycles. The second kappa shape index (κ2) is 9.46. The lowest BCUT2D eigenvalue weighted by Gasteiger charge is -2.06. The molecular weight excluding hydrogens is 292 g/mol. The van der Waals surface area contributed by atoms with E-state index in [1.54, 1.807) is 12.3 Å². The first-order valence-electron chi connectivity index (χ1n) is 6.97. The predicted molar refractivity (Wildman–Crippen MR) is 80.2 cm³/mol. The number of nitrogens with zero attached hydrogens (tertiary/aromatic N) is 1. The summed E-state index contributed by atoms with van der Waals surface area (Å²) in [7, 11) is -1.91. The molecule has 1 aromatic heterocycles. The molecule has 1 aromatic rings. The maximum Gasteiger partial charge on any atom is 0.305 e. The summed E-state index contributed by atoms with van der Waals surface area (Å²) in [6, 6.07) is 5.44. The zero-order valence-electron chi connectivity index (χ0n) is 12.2. The van der Waals surface area contributed by atoms with Crippen LogP contribution in [0.2, 0.25) is 0 Å². The van der Waals surface area contributed by atoms with Crippen molar-refractivity contribution in [2.24, 2.45) is 0 Å². The van der Waals surface area contributed by atoms with Crippen molar-refractivity contribution in [2.75, 3.05) is 19.4 Å². The van der Waals surface area contributed by atoms with Crippen LogP contribution >= 0.6 is 0 Å². The summed E-state index contributed by atoms with van der Waals surface area (Å²) in [5.41, 5.74) is 0.765. The first-order chi connectivity index (χ1) is 10.0. The molecule has 0 saturated heterocycles. The van der Waals surface area contributed by atoms with Gasteiger partial charge in [-0.2, -0.15) is 0 Å². The fourth-order valence-electron chi connectivity index (χ4n) is 1.76. The Hall–Kier alpha value is -1.47. The van der Waals surface area contributed by atoms with Gasteiger partial charge in [0.2, 0.25) is 10.0 Å². The molecule has 0 fully saturated rings. The molecule has 1 rings (SSSR count). The Morgan fingerprint density at radius 3 is 2.76 bits per heavy atom. The topological polar surface area (TPSA) is 85.4 Å². The number of hydrogen-bond donors (Lipinski definition) is 1. The van der Waals surface area contributed by atoms with Gasteiger partial charge in [-0.3, -0.25) is 9.78 Å². The molecule has 0 radical (unpaired) electrons. The van der Waals surface area contributed by atoms with E-state index in [2.05, 4.69) is 14.4 Å². The fraction of sp³-hybridized carbons (Fsp3) is 0.571. The van der Waals surface area contributed by atoms with E-state index in [-0.39, 0.29) is 11.7 Å². The first-order valence-corrected chi connectivity index (χ1v) is 8.63. The number of nitrogens with one attached hydrogen (secondary N) is 1. The van der Waals surface area contributed by atoms with Gasteiger partial charge in [0, 0.05) is 31.3 Å². The first kappa shape index (κ1) is 17.6. The third kappa shape index (κ3) is 8.41. The number of aromatic nitrogens is 1. The van der Waals surface area contributed by atoms with E-state index >= 15 is 0 Å². The maximum absolute atomic E-state index is 11.8. The second-order valence-corrected chi connectivity index (χ2v) is 6.60. The minimum atomic E-state index is -3.27. The molecule has 0 bridgehead atoms. The van der Waals surface area contributed by atoms with Crippen LogP contribution in [0.1, 0.15) is 31.4 Å². The van der Waals surface area contributed by atoms with Crippen LogP contribution in [0, 0.1) is 0 Å². The molecule has 0 aliphatic heterocycles. The Morgan fingerprint density at radius 1 is 1.29 bits per heavy atom. The van der Waals surface area contributed by atoms with Crippen LogP contribution in [0.15, 0.2) is 24.4 Å². The van der Waals surface area contributed by atoms with Crippen LogP contribution in [-0.4, -0.2) is 38.8 Å². The molecule has 0 amide bonds. The summed E-state index contributed by atoms with van der Waals surface area (Å²) in [4.78, 5) is 15.0. The Labute approximate surface area is 126 Å². The quantitative estimate of drug-likeness (QED) is 0.519. The zero-order valence-corrected chi connectivity index (χ0v) is 13.1. The van der Waals surface area contributed by atoms with Crippen LogP contribution in [0.3, 0.4) is 0 Å². The number of ether oxygens (including phenoxy) is 1.